The fourth-order valence-electron chi connectivity index (χ4n) is 2.39. The Morgan fingerprint density at radius 1 is 1.29 bits per heavy atom. The maximum Gasteiger partial charge on any atom is 0.323 e. The molecule has 1 aromatic rings. The molecule has 4 nitrogen and oxygen atoms in total. The minimum atomic E-state index is -0.721. The third-order valence-corrected chi connectivity index (χ3v) is 3.50. The lowest BCUT2D eigenvalue weighted by atomic mass is 9.81. The van der Waals surface area contributed by atoms with Crippen LogP contribution in [-0.2, 0) is 11.3 Å². The monoisotopic (exact) mass is 234 g/mol. The van der Waals surface area contributed by atoms with E-state index >= 15 is 0 Å². The second-order valence-electron chi connectivity index (χ2n) is 4.66. The lowest BCUT2D eigenvalue weighted by molar-refractivity contribution is -0.146. The van der Waals surface area contributed by atoms with Gasteiger partial charge < -0.3 is 5.11 Å². The molecule has 0 bridgehead atoms. The van der Waals surface area contributed by atoms with Crippen LogP contribution in [0.3, 0.4) is 0 Å². The molecule has 4 heteroatoms. The van der Waals surface area contributed by atoms with Crippen LogP contribution in [0.25, 0.3) is 0 Å². The summed E-state index contributed by atoms with van der Waals surface area (Å²) in [6.45, 7) is 0.592. The van der Waals surface area contributed by atoms with E-state index in [-0.39, 0.29) is 0 Å². The summed E-state index contributed by atoms with van der Waals surface area (Å²) in [4.78, 5) is 15.4. The number of nitrogens with one attached hydrogen (secondary N) is 1. The van der Waals surface area contributed by atoms with Crippen molar-refractivity contribution < 1.29 is 9.90 Å². The van der Waals surface area contributed by atoms with E-state index in [1.165, 1.54) is 0 Å². The van der Waals surface area contributed by atoms with E-state index in [4.69, 9.17) is 0 Å². The highest BCUT2D eigenvalue weighted by Gasteiger charge is 2.38. The highest BCUT2D eigenvalue weighted by Crippen LogP contribution is 2.28. The molecule has 0 spiro atoms. The Labute approximate surface area is 101 Å². The Morgan fingerprint density at radius 3 is 2.53 bits per heavy atom. The second-order valence-corrected chi connectivity index (χ2v) is 4.66. The number of hydrogen-bond acceptors (Lipinski definition) is 3. The summed E-state index contributed by atoms with van der Waals surface area (Å²) in [6.07, 6.45) is 8.05. The molecule has 0 atom stereocenters. The van der Waals surface area contributed by atoms with Crippen molar-refractivity contribution in [3.05, 3.63) is 30.1 Å². The summed E-state index contributed by atoms with van der Waals surface area (Å²) in [6, 6.07) is 3.82. The topological polar surface area (TPSA) is 62.2 Å². The molecule has 0 aromatic carbocycles. The first-order valence-electron chi connectivity index (χ1n) is 6.10. The van der Waals surface area contributed by atoms with Gasteiger partial charge in [-0.1, -0.05) is 19.3 Å². The van der Waals surface area contributed by atoms with Crippen molar-refractivity contribution >= 4 is 5.97 Å². The number of rotatable bonds is 4. The number of carboxylic acid groups (broad SMARTS) is 1. The molecule has 2 N–H and O–H groups in total. The van der Waals surface area contributed by atoms with Crippen molar-refractivity contribution in [3.63, 3.8) is 0 Å². The lowest BCUT2D eigenvalue weighted by Gasteiger charge is -2.34. The zero-order chi connectivity index (χ0) is 12.1. The summed E-state index contributed by atoms with van der Waals surface area (Å²) in [5, 5.41) is 12.6. The van der Waals surface area contributed by atoms with Crippen molar-refractivity contribution in [1.82, 2.24) is 10.3 Å². The number of carbonyl (C=O) groups is 1. The van der Waals surface area contributed by atoms with E-state index in [0.717, 1.165) is 37.7 Å². The van der Waals surface area contributed by atoms with Crippen LogP contribution >= 0.6 is 0 Å². The normalized spacial score (nSPS) is 18.8. The Kier molecular flexibility index (Phi) is 3.74. The predicted molar refractivity (Wildman–Crippen MR) is 64.5 cm³/mol. The summed E-state index contributed by atoms with van der Waals surface area (Å²) in [5.41, 5.74) is 0.354. The molecular formula is C13H18N2O2. The van der Waals surface area contributed by atoms with Crippen molar-refractivity contribution in [1.29, 1.82) is 0 Å². The van der Waals surface area contributed by atoms with Gasteiger partial charge >= 0.3 is 5.97 Å². The minimum absolute atomic E-state index is 0.592. The largest absolute Gasteiger partial charge is 0.480 e. The molecule has 1 aromatic heterocycles. The molecule has 1 heterocycles. The van der Waals surface area contributed by atoms with Gasteiger partial charge in [0.05, 0.1) is 0 Å². The number of pyridine rings is 1. The van der Waals surface area contributed by atoms with Gasteiger partial charge in [-0.25, -0.2) is 0 Å². The summed E-state index contributed by atoms with van der Waals surface area (Å²) >= 11 is 0. The first-order chi connectivity index (χ1) is 8.23. The molecule has 1 saturated carbocycles. The van der Waals surface area contributed by atoms with Gasteiger partial charge in [0, 0.05) is 18.9 Å². The average molecular weight is 234 g/mol. The highest BCUT2D eigenvalue weighted by atomic mass is 16.4. The Hall–Kier alpha value is -1.42. The van der Waals surface area contributed by atoms with Crippen LogP contribution in [0.5, 0.6) is 0 Å². The smallest absolute Gasteiger partial charge is 0.323 e. The van der Waals surface area contributed by atoms with Gasteiger partial charge in [-0.2, -0.15) is 0 Å². The first-order valence-corrected chi connectivity index (χ1v) is 6.10. The predicted octanol–water partition coefficient (Wildman–Crippen LogP) is 1.96. The van der Waals surface area contributed by atoms with Gasteiger partial charge in [-0.05, 0) is 30.5 Å². The van der Waals surface area contributed by atoms with Crippen molar-refractivity contribution in [2.24, 2.45) is 0 Å². The van der Waals surface area contributed by atoms with Crippen molar-refractivity contribution in [3.8, 4) is 0 Å². The Bertz CT molecular complexity index is 372. The number of aromatic nitrogens is 1. The zero-order valence-corrected chi connectivity index (χ0v) is 9.85. The summed E-state index contributed by atoms with van der Waals surface area (Å²) < 4.78 is 0. The SMILES string of the molecule is O=C(O)C1(NCc2ccncc2)CCCCC1. The third kappa shape index (κ3) is 2.82. The minimum Gasteiger partial charge on any atom is -0.480 e. The van der Waals surface area contributed by atoms with Crippen LogP contribution in [0.4, 0.5) is 0 Å². The van der Waals surface area contributed by atoms with Gasteiger partial charge in [0.2, 0.25) is 0 Å². The highest BCUT2D eigenvalue weighted by molar-refractivity contribution is 5.78. The molecule has 1 aliphatic rings. The van der Waals surface area contributed by atoms with E-state index in [9.17, 15) is 9.90 Å². The van der Waals surface area contributed by atoms with Crippen LogP contribution < -0.4 is 5.32 Å². The number of carboxylic acids is 1. The molecule has 1 aliphatic carbocycles. The van der Waals surface area contributed by atoms with Crippen molar-refractivity contribution in [2.75, 3.05) is 0 Å². The van der Waals surface area contributed by atoms with Crippen LogP contribution in [0.1, 0.15) is 37.7 Å². The molecular weight excluding hydrogens is 216 g/mol. The van der Waals surface area contributed by atoms with Gasteiger partial charge in [-0.15, -0.1) is 0 Å². The number of nitrogens with zero attached hydrogens (tertiary/aromatic N) is 1. The van der Waals surface area contributed by atoms with E-state index in [0.29, 0.717) is 6.54 Å². The summed E-state index contributed by atoms with van der Waals surface area (Å²) in [7, 11) is 0. The fourth-order valence-corrected chi connectivity index (χ4v) is 2.39. The molecule has 0 unspecified atom stereocenters. The molecule has 0 saturated heterocycles. The lowest BCUT2D eigenvalue weighted by Crippen LogP contribution is -2.52. The van der Waals surface area contributed by atoms with Gasteiger partial charge in [-0.3, -0.25) is 15.1 Å². The first kappa shape index (κ1) is 12.0. The van der Waals surface area contributed by atoms with Crippen LogP contribution in [-0.4, -0.2) is 21.6 Å². The maximum atomic E-state index is 11.4. The number of aliphatic carboxylic acids is 1. The molecule has 2 rings (SSSR count). The maximum absolute atomic E-state index is 11.4. The summed E-state index contributed by atoms with van der Waals surface area (Å²) in [5.74, 6) is -0.716. The van der Waals surface area contributed by atoms with Gasteiger partial charge in [0.1, 0.15) is 5.54 Å². The molecule has 92 valence electrons. The van der Waals surface area contributed by atoms with Gasteiger partial charge in [0.15, 0.2) is 0 Å². The van der Waals surface area contributed by atoms with Gasteiger partial charge in [0.25, 0.3) is 0 Å². The molecule has 0 radical (unpaired) electrons. The number of hydrogen-bond donors (Lipinski definition) is 2. The molecule has 17 heavy (non-hydrogen) atoms. The quantitative estimate of drug-likeness (QED) is 0.836. The average Bonchev–Trinajstić information content (AvgIpc) is 2.38. The van der Waals surface area contributed by atoms with E-state index in [2.05, 4.69) is 10.3 Å². The Morgan fingerprint density at radius 2 is 1.94 bits per heavy atom. The molecule has 1 fully saturated rings. The third-order valence-electron chi connectivity index (χ3n) is 3.50. The zero-order valence-electron chi connectivity index (χ0n) is 9.85. The van der Waals surface area contributed by atoms with Crippen LogP contribution in [0.15, 0.2) is 24.5 Å². The fraction of sp³-hybridized carbons (Fsp3) is 0.538. The van der Waals surface area contributed by atoms with Crippen LogP contribution in [0, 0.1) is 0 Å². The van der Waals surface area contributed by atoms with E-state index in [1.54, 1.807) is 12.4 Å². The standard InChI is InChI=1S/C13H18N2O2/c16-12(17)13(6-2-1-3-7-13)15-10-11-4-8-14-9-5-11/h4-5,8-9,15H,1-3,6-7,10H2,(H,16,17). The Balaban J connectivity index is 2.01. The van der Waals surface area contributed by atoms with E-state index in [1.807, 2.05) is 12.1 Å². The van der Waals surface area contributed by atoms with Crippen molar-refractivity contribution in [2.45, 2.75) is 44.2 Å². The second kappa shape index (κ2) is 5.27. The van der Waals surface area contributed by atoms with E-state index < -0.39 is 11.5 Å². The van der Waals surface area contributed by atoms with Crippen LogP contribution in [0.2, 0.25) is 0 Å². The molecule has 0 amide bonds. The molecule has 0 aliphatic heterocycles.